The first-order valence-corrected chi connectivity index (χ1v) is 3.08. The zero-order valence-corrected chi connectivity index (χ0v) is 6.13. The van der Waals surface area contributed by atoms with E-state index in [0.717, 1.165) is 5.69 Å². The van der Waals surface area contributed by atoms with Gasteiger partial charge in [-0.25, -0.2) is 0 Å². The van der Waals surface area contributed by atoms with Crippen LogP contribution < -0.4 is 4.90 Å². The molecule has 1 aromatic rings. The highest BCUT2D eigenvalue weighted by atomic mass is 16.3. The van der Waals surface area contributed by atoms with Crippen LogP contribution in [0.25, 0.3) is 0 Å². The molecule has 0 amide bonds. The van der Waals surface area contributed by atoms with Gasteiger partial charge in [0.2, 0.25) is 0 Å². The fraction of sp³-hybridized carbons (Fsp3) is 0.250. The van der Waals surface area contributed by atoms with Gasteiger partial charge in [-0.1, -0.05) is 0 Å². The van der Waals surface area contributed by atoms with Gasteiger partial charge in [0, 0.05) is 31.9 Å². The lowest BCUT2D eigenvalue weighted by molar-refractivity contribution is 0.474. The van der Waals surface area contributed by atoms with E-state index in [0.29, 0.717) is 0 Å². The molecule has 0 saturated heterocycles. The number of anilines is 1. The zero-order chi connectivity index (χ0) is 7.56. The summed E-state index contributed by atoms with van der Waals surface area (Å²) in [4.78, 5) is 1.92. The predicted molar refractivity (Wildman–Crippen MR) is 41.3 cm³/mol. The van der Waals surface area contributed by atoms with E-state index in [9.17, 15) is 0 Å². The summed E-state index contributed by atoms with van der Waals surface area (Å²) in [6.45, 7) is 0. The summed E-state index contributed by atoms with van der Waals surface area (Å²) in [5.41, 5.74) is 0.983. The maximum atomic E-state index is 8.98. The summed E-state index contributed by atoms with van der Waals surface area (Å²) in [5, 5.41) is 8.98. The Bertz CT molecular complexity index is 220. The molecule has 1 N–H and O–H groups in total. The largest absolute Gasteiger partial charge is 0.507 e. The van der Waals surface area contributed by atoms with Gasteiger partial charge in [0.1, 0.15) is 5.75 Å². The van der Waals surface area contributed by atoms with E-state index in [-0.39, 0.29) is 5.75 Å². The molecule has 2 nitrogen and oxygen atoms in total. The Morgan fingerprint density at radius 2 is 2.20 bits per heavy atom. The maximum absolute atomic E-state index is 8.98. The van der Waals surface area contributed by atoms with Crippen LogP contribution in [-0.4, -0.2) is 19.2 Å². The molecule has 0 atom stereocenters. The Balaban J connectivity index is 2.96. The summed E-state index contributed by atoms with van der Waals surface area (Å²) in [7, 11) is 3.85. The fourth-order valence-corrected chi connectivity index (χ4v) is 0.720. The van der Waals surface area contributed by atoms with Crippen molar-refractivity contribution in [2.45, 2.75) is 0 Å². The smallest absolute Gasteiger partial charge is 0.125 e. The molecule has 0 heterocycles. The first kappa shape index (κ1) is 6.93. The molecular formula is C8H10NO. The first-order chi connectivity index (χ1) is 4.70. The molecule has 1 rings (SSSR count). The molecule has 0 aliphatic carbocycles. The minimum absolute atomic E-state index is 0.186. The van der Waals surface area contributed by atoms with Crippen LogP contribution in [0.1, 0.15) is 0 Å². The molecule has 53 valence electrons. The van der Waals surface area contributed by atoms with E-state index in [4.69, 9.17) is 5.11 Å². The van der Waals surface area contributed by atoms with E-state index in [1.54, 1.807) is 12.1 Å². The lowest BCUT2D eigenvalue weighted by Crippen LogP contribution is -2.07. The normalized spacial score (nSPS) is 9.40. The average molecular weight is 136 g/mol. The summed E-state index contributed by atoms with van der Waals surface area (Å²) >= 11 is 0. The van der Waals surface area contributed by atoms with Crippen molar-refractivity contribution in [2.24, 2.45) is 0 Å². The third kappa shape index (κ3) is 1.41. The molecule has 0 aliphatic rings. The molecule has 2 heteroatoms. The van der Waals surface area contributed by atoms with Gasteiger partial charge in [-0.05, 0) is 12.1 Å². The molecule has 0 aliphatic heterocycles. The lowest BCUT2D eigenvalue weighted by atomic mass is 10.3. The van der Waals surface area contributed by atoms with Crippen molar-refractivity contribution in [1.82, 2.24) is 0 Å². The average Bonchev–Trinajstić information content (AvgIpc) is 1.88. The van der Waals surface area contributed by atoms with Gasteiger partial charge in [-0.2, -0.15) is 0 Å². The number of nitrogens with zero attached hydrogens (tertiary/aromatic N) is 1. The molecule has 1 aromatic carbocycles. The third-order valence-electron chi connectivity index (χ3n) is 1.29. The topological polar surface area (TPSA) is 23.5 Å². The summed E-state index contributed by atoms with van der Waals surface area (Å²) in [5.74, 6) is 0.186. The van der Waals surface area contributed by atoms with Gasteiger partial charge in [0.05, 0.1) is 0 Å². The van der Waals surface area contributed by atoms with Crippen LogP contribution in [0.3, 0.4) is 0 Å². The Hall–Kier alpha value is -1.18. The minimum Gasteiger partial charge on any atom is -0.507 e. The molecule has 0 unspecified atom stereocenters. The minimum atomic E-state index is 0.186. The number of phenolic OH excluding ortho intramolecular Hbond substituents is 1. The second-order valence-corrected chi connectivity index (χ2v) is 2.33. The van der Waals surface area contributed by atoms with Crippen LogP contribution in [-0.2, 0) is 0 Å². The summed E-state index contributed by atoms with van der Waals surface area (Å²) in [6.07, 6.45) is 0. The van der Waals surface area contributed by atoms with Crippen molar-refractivity contribution < 1.29 is 5.11 Å². The molecule has 0 saturated carbocycles. The van der Waals surface area contributed by atoms with Crippen molar-refractivity contribution in [3.8, 4) is 5.75 Å². The number of rotatable bonds is 1. The van der Waals surface area contributed by atoms with Crippen LogP contribution in [0.2, 0.25) is 0 Å². The van der Waals surface area contributed by atoms with Gasteiger partial charge in [0.25, 0.3) is 0 Å². The highest BCUT2D eigenvalue weighted by Crippen LogP contribution is 2.16. The van der Waals surface area contributed by atoms with Gasteiger partial charge in [0.15, 0.2) is 0 Å². The van der Waals surface area contributed by atoms with E-state index >= 15 is 0 Å². The third-order valence-corrected chi connectivity index (χ3v) is 1.29. The second-order valence-electron chi connectivity index (χ2n) is 2.33. The zero-order valence-electron chi connectivity index (χ0n) is 6.13. The molecule has 0 spiro atoms. The number of aromatic hydroxyl groups is 1. The van der Waals surface area contributed by atoms with Gasteiger partial charge in [-0.15, -0.1) is 0 Å². The van der Waals surface area contributed by atoms with Crippen LogP contribution in [0.15, 0.2) is 18.2 Å². The monoisotopic (exact) mass is 136 g/mol. The van der Waals surface area contributed by atoms with Crippen molar-refractivity contribution in [3.63, 3.8) is 0 Å². The summed E-state index contributed by atoms with van der Waals surface area (Å²) in [6, 6.07) is 7.91. The number of benzene rings is 1. The fourth-order valence-electron chi connectivity index (χ4n) is 0.720. The molecular weight excluding hydrogens is 126 g/mol. The van der Waals surface area contributed by atoms with Crippen LogP contribution >= 0.6 is 0 Å². The maximum Gasteiger partial charge on any atom is 0.125 e. The molecule has 1 radical (unpaired) electrons. The Kier molecular flexibility index (Phi) is 1.81. The van der Waals surface area contributed by atoms with Crippen molar-refractivity contribution in [2.75, 3.05) is 19.0 Å². The molecule has 0 fully saturated rings. The van der Waals surface area contributed by atoms with Crippen LogP contribution in [0.4, 0.5) is 5.69 Å². The van der Waals surface area contributed by atoms with E-state index in [2.05, 4.69) is 6.07 Å². The Labute approximate surface area is 60.7 Å². The quantitative estimate of drug-likeness (QED) is 0.628. The predicted octanol–water partition coefficient (Wildman–Crippen LogP) is 1.26. The van der Waals surface area contributed by atoms with Gasteiger partial charge in [-0.3, -0.25) is 0 Å². The van der Waals surface area contributed by atoms with Crippen molar-refractivity contribution in [1.29, 1.82) is 0 Å². The Morgan fingerprint density at radius 3 is 2.60 bits per heavy atom. The van der Waals surface area contributed by atoms with E-state index < -0.39 is 0 Å². The van der Waals surface area contributed by atoms with E-state index in [1.807, 2.05) is 25.1 Å². The summed E-state index contributed by atoms with van der Waals surface area (Å²) < 4.78 is 0. The standard InChI is InChI=1S/C8H10NO/c1-9(2)7-4-3-5-8(10)6-7/h3-4,6,10H,1-2H3. The molecule has 0 bridgehead atoms. The van der Waals surface area contributed by atoms with Gasteiger partial charge >= 0.3 is 0 Å². The number of phenols is 1. The van der Waals surface area contributed by atoms with Crippen LogP contribution in [0.5, 0.6) is 5.75 Å². The van der Waals surface area contributed by atoms with Crippen LogP contribution in [0, 0.1) is 6.07 Å². The highest BCUT2D eigenvalue weighted by Gasteiger charge is 1.93. The number of hydrogen-bond donors (Lipinski definition) is 1. The molecule has 0 aromatic heterocycles. The highest BCUT2D eigenvalue weighted by molar-refractivity contribution is 5.48. The Morgan fingerprint density at radius 1 is 1.50 bits per heavy atom. The first-order valence-electron chi connectivity index (χ1n) is 3.08. The van der Waals surface area contributed by atoms with Gasteiger partial charge < -0.3 is 10.0 Å². The van der Waals surface area contributed by atoms with Crippen molar-refractivity contribution >= 4 is 5.69 Å². The molecule has 10 heavy (non-hydrogen) atoms. The van der Waals surface area contributed by atoms with E-state index in [1.165, 1.54) is 0 Å². The van der Waals surface area contributed by atoms with Crippen molar-refractivity contribution in [3.05, 3.63) is 24.3 Å². The second kappa shape index (κ2) is 2.60. The lowest BCUT2D eigenvalue weighted by Gasteiger charge is -2.11. The number of hydrogen-bond acceptors (Lipinski definition) is 2. The SMILES string of the molecule is CN(C)c1cc[c]c(O)c1.